The fourth-order valence-corrected chi connectivity index (χ4v) is 3.20. The Labute approximate surface area is 158 Å². The van der Waals surface area contributed by atoms with Crippen molar-refractivity contribution < 1.29 is 29.0 Å². The van der Waals surface area contributed by atoms with E-state index in [1.165, 1.54) is 20.3 Å². The van der Waals surface area contributed by atoms with Crippen LogP contribution in [0.25, 0.3) is 0 Å². The van der Waals surface area contributed by atoms with Crippen LogP contribution in [0.1, 0.15) is 43.0 Å². The molecule has 2 amide bonds. The number of ether oxygens (including phenoxy) is 2. The largest absolute Gasteiger partial charge is 0.493 e. The van der Waals surface area contributed by atoms with Gasteiger partial charge in [-0.2, -0.15) is 0 Å². The second kappa shape index (κ2) is 8.75. The average Bonchev–Trinajstić information content (AvgIpc) is 2.67. The molecule has 8 nitrogen and oxygen atoms in total. The van der Waals surface area contributed by atoms with E-state index < -0.39 is 23.3 Å². The minimum absolute atomic E-state index is 0.305. The molecule has 0 heterocycles. The molecule has 1 aromatic rings. The fraction of sp³-hybridized carbons (Fsp3) is 0.526. The minimum atomic E-state index is -1.25. The van der Waals surface area contributed by atoms with E-state index in [2.05, 4.69) is 17.6 Å². The number of benzene rings is 1. The van der Waals surface area contributed by atoms with Crippen LogP contribution < -0.4 is 20.1 Å². The Balaban J connectivity index is 1.96. The molecule has 0 radical (unpaired) electrons. The van der Waals surface area contributed by atoms with Crippen molar-refractivity contribution in [2.75, 3.05) is 20.8 Å². The third kappa shape index (κ3) is 4.90. The molecule has 2 rings (SSSR count). The Bertz CT molecular complexity index is 710. The van der Waals surface area contributed by atoms with Crippen LogP contribution in [0.2, 0.25) is 0 Å². The molecule has 0 saturated heterocycles. The Hall–Kier alpha value is -2.77. The van der Waals surface area contributed by atoms with Crippen LogP contribution in [0.4, 0.5) is 0 Å². The summed E-state index contributed by atoms with van der Waals surface area (Å²) in [6.07, 6.45) is 2.26. The molecule has 1 aliphatic rings. The Morgan fingerprint density at radius 1 is 1.15 bits per heavy atom. The summed E-state index contributed by atoms with van der Waals surface area (Å²) in [6.45, 7) is 1.76. The molecule has 148 valence electrons. The molecule has 0 spiro atoms. The van der Waals surface area contributed by atoms with Crippen LogP contribution in [-0.4, -0.2) is 49.2 Å². The maximum atomic E-state index is 12.3. The van der Waals surface area contributed by atoms with E-state index in [4.69, 9.17) is 9.47 Å². The molecule has 8 heteroatoms. The molecule has 1 aliphatic carbocycles. The van der Waals surface area contributed by atoms with E-state index in [9.17, 15) is 19.5 Å². The van der Waals surface area contributed by atoms with E-state index in [0.717, 1.165) is 12.8 Å². The summed E-state index contributed by atoms with van der Waals surface area (Å²) in [5.74, 6) is -0.695. The highest BCUT2D eigenvalue weighted by atomic mass is 16.5. The van der Waals surface area contributed by atoms with Gasteiger partial charge < -0.3 is 25.2 Å². The van der Waals surface area contributed by atoms with E-state index in [1.807, 2.05) is 0 Å². The second-order valence-corrected chi connectivity index (χ2v) is 6.87. The van der Waals surface area contributed by atoms with Gasteiger partial charge in [-0.1, -0.05) is 6.92 Å². The number of carbonyl (C=O) groups excluding carboxylic acids is 2. The zero-order valence-corrected chi connectivity index (χ0v) is 15.8. The van der Waals surface area contributed by atoms with Crippen molar-refractivity contribution in [1.29, 1.82) is 0 Å². The fourth-order valence-electron chi connectivity index (χ4n) is 3.20. The van der Waals surface area contributed by atoms with Gasteiger partial charge >= 0.3 is 5.97 Å². The highest BCUT2D eigenvalue weighted by Gasteiger charge is 2.42. The summed E-state index contributed by atoms with van der Waals surface area (Å²) < 4.78 is 10.3. The Kier molecular flexibility index (Phi) is 6.65. The standard InChI is InChI=1S/C19H26N2O6/c1-12-6-8-19(9-7-12,18(24)25)21-16(22)11-20-17(23)13-4-5-14(26-2)15(10-13)27-3/h4-5,10,12H,6-9,11H2,1-3H3,(H,20,23)(H,21,22)(H,24,25). The van der Waals surface area contributed by atoms with Gasteiger partial charge in [0.25, 0.3) is 5.91 Å². The number of nitrogens with one attached hydrogen (secondary N) is 2. The number of amides is 2. The highest BCUT2D eigenvalue weighted by molar-refractivity contribution is 5.97. The van der Waals surface area contributed by atoms with Crippen LogP contribution in [0, 0.1) is 5.92 Å². The molecule has 27 heavy (non-hydrogen) atoms. The zero-order valence-electron chi connectivity index (χ0n) is 15.8. The number of hydrogen-bond acceptors (Lipinski definition) is 5. The average molecular weight is 378 g/mol. The Morgan fingerprint density at radius 3 is 2.33 bits per heavy atom. The summed E-state index contributed by atoms with van der Waals surface area (Å²) in [5.41, 5.74) is -0.947. The van der Waals surface area contributed by atoms with Crippen molar-refractivity contribution >= 4 is 17.8 Å². The minimum Gasteiger partial charge on any atom is -0.493 e. The summed E-state index contributed by atoms with van der Waals surface area (Å²) in [6, 6.07) is 4.65. The van der Waals surface area contributed by atoms with Gasteiger partial charge in [-0.3, -0.25) is 9.59 Å². The third-order valence-corrected chi connectivity index (χ3v) is 4.97. The molecule has 1 aromatic carbocycles. The van der Waals surface area contributed by atoms with E-state index in [-0.39, 0.29) is 6.54 Å². The summed E-state index contributed by atoms with van der Waals surface area (Å²) >= 11 is 0. The van der Waals surface area contributed by atoms with E-state index >= 15 is 0 Å². The molecule has 0 bridgehead atoms. The Morgan fingerprint density at radius 2 is 1.78 bits per heavy atom. The van der Waals surface area contributed by atoms with Crippen LogP contribution in [0.15, 0.2) is 18.2 Å². The number of methoxy groups -OCH3 is 2. The number of carboxylic acids is 1. The molecule has 0 unspecified atom stereocenters. The number of aliphatic carboxylic acids is 1. The molecule has 0 aromatic heterocycles. The second-order valence-electron chi connectivity index (χ2n) is 6.87. The van der Waals surface area contributed by atoms with Gasteiger partial charge in [0.05, 0.1) is 20.8 Å². The third-order valence-electron chi connectivity index (χ3n) is 4.97. The lowest BCUT2D eigenvalue weighted by Crippen LogP contribution is -2.58. The highest BCUT2D eigenvalue weighted by Crippen LogP contribution is 2.32. The smallest absolute Gasteiger partial charge is 0.329 e. The summed E-state index contributed by atoms with van der Waals surface area (Å²) in [5, 5.41) is 14.7. The number of hydrogen-bond donors (Lipinski definition) is 3. The zero-order chi connectivity index (χ0) is 20.0. The molecule has 0 aliphatic heterocycles. The van der Waals surface area contributed by atoms with Crippen molar-refractivity contribution in [2.24, 2.45) is 5.92 Å². The first-order chi connectivity index (χ1) is 12.8. The predicted molar refractivity (Wildman–Crippen MR) is 98.0 cm³/mol. The number of carbonyl (C=O) groups is 3. The first kappa shape index (κ1) is 20.5. The van der Waals surface area contributed by atoms with Crippen molar-refractivity contribution in [3.63, 3.8) is 0 Å². The van der Waals surface area contributed by atoms with Crippen LogP contribution in [0.5, 0.6) is 11.5 Å². The van der Waals surface area contributed by atoms with Gasteiger partial charge in [0, 0.05) is 5.56 Å². The van der Waals surface area contributed by atoms with Crippen LogP contribution in [0.3, 0.4) is 0 Å². The lowest BCUT2D eigenvalue weighted by atomic mass is 9.77. The van der Waals surface area contributed by atoms with Gasteiger partial charge in [-0.25, -0.2) is 4.79 Å². The summed E-state index contributed by atoms with van der Waals surface area (Å²) in [4.78, 5) is 36.2. The molecular formula is C19H26N2O6. The van der Waals surface area contributed by atoms with Crippen molar-refractivity contribution in [3.05, 3.63) is 23.8 Å². The van der Waals surface area contributed by atoms with Gasteiger partial charge in [-0.15, -0.1) is 0 Å². The van der Waals surface area contributed by atoms with Crippen molar-refractivity contribution in [3.8, 4) is 11.5 Å². The molecule has 1 fully saturated rings. The molecule has 1 saturated carbocycles. The van der Waals surface area contributed by atoms with Gasteiger partial charge in [0.2, 0.25) is 5.91 Å². The van der Waals surface area contributed by atoms with Crippen LogP contribution >= 0.6 is 0 Å². The first-order valence-electron chi connectivity index (χ1n) is 8.86. The SMILES string of the molecule is COc1ccc(C(=O)NCC(=O)NC2(C(=O)O)CCC(C)CC2)cc1OC. The maximum absolute atomic E-state index is 12.3. The first-order valence-corrected chi connectivity index (χ1v) is 8.86. The van der Waals surface area contributed by atoms with Gasteiger partial charge in [0.1, 0.15) is 5.54 Å². The summed E-state index contributed by atoms with van der Waals surface area (Å²) in [7, 11) is 2.95. The lowest BCUT2D eigenvalue weighted by molar-refractivity contribution is -0.149. The van der Waals surface area contributed by atoms with Gasteiger partial charge in [0.15, 0.2) is 11.5 Å². The van der Waals surface area contributed by atoms with Gasteiger partial charge in [-0.05, 0) is 49.8 Å². The molecule has 0 atom stereocenters. The van der Waals surface area contributed by atoms with E-state index in [1.54, 1.807) is 12.1 Å². The topological polar surface area (TPSA) is 114 Å². The maximum Gasteiger partial charge on any atom is 0.329 e. The van der Waals surface area contributed by atoms with Crippen molar-refractivity contribution in [1.82, 2.24) is 10.6 Å². The number of rotatable bonds is 7. The predicted octanol–water partition coefficient (Wildman–Crippen LogP) is 1.58. The van der Waals surface area contributed by atoms with Crippen LogP contribution in [-0.2, 0) is 9.59 Å². The lowest BCUT2D eigenvalue weighted by Gasteiger charge is -2.36. The molecular weight excluding hydrogens is 352 g/mol. The number of carboxylic acid groups (broad SMARTS) is 1. The quantitative estimate of drug-likeness (QED) is 0.664. The normalized spacial score (nSPS) is 21.8. The molecule has 3 N–H and O–H groups in total. The van der Waals surface area contributed by atoms with Crippen molar-refractivity contribution in [2.45, 2.75) is 38.1 Å². The van der Waals surface area contributed by atoms with E-state index in [0.29, 0.717) is 35.8 Å². The monoisotopic (exact) mass is 378 g/mol.